The molecule has 1 aromatic heterocycles. The third-order valence-corrected chi connectivity index (χ3v) is 4.18. The Morgan fingerprint density at radius 2 is 2.08 bits per heavy atom. The Labute approximate surface area is 142 Å². The van der Waals surface area contributed by atoms with Gasteiger partial charge in [0.05, 0.1) is 19.3 Å². The first-order chi connectivity index (χ1) is 11.5. The minimum absolute atomic E-state index is 0.00447. The van der Waals surface area contributed by atoms with E-state index in [4.69, 9.17) is 4.74 Å². The van der Waals surface area contributed by atoms with E-state index in [-0.39, 0.29) is 5.91 Å². The summed E-state index contributed by atoms with van der Waals surface area (Å²) in [5.41, 5.74) is 2.71. The third kappa shape index (κ3) is 3.04. The van der Waals surface area contributed by atoms with Gasteiger partial charge in [0.25, 0.3) is 5.91 Å². The van der Waals surface area contributed by atoms with Crippen molar-refractivity contribution in [3.8, 4) is 5.75 Å². The molecule has 126 valence electrons. The molecule has 2 heterocycles. The van der Waals surface area contributed by atoms with Gasteiger partial charge in [0, 0.05) is 38.2 Å². The molecule has 3 rings (SSSR count). The van der Waals surface area contributed by atoms with Crippen LogP contribution in [0.15, 0.2) is 24.3 Å². The highest BCUT2D eigenvalue weighted by Crippen LogP contribution is 2.27. The van der Waals surface area contributed by atoms with E-state index in [0.717, 1.165) is 29.3 Å². The van der Waals surface area contributed by atoms with E-state index in [2.05, 4.69) is 9.97 Å². The molecule has 0 spiro atoms. The number of hydrogen-bond acceptors (Lipinski definition) is 5. The minimum atomic E-state index is 0.00447. The number of anilines is 1. The van der Waals surface area contributed by atoms with Gasteiger partial charge in [0.2, 0.25) is 0 Å². The van der Waals surface area contributed by atoms with Gasteiger partial charge in [0.1, 0.15) is 17.4 Å². The average molecular weight is 326 g/mol. The molecule has 0 fully saturated rings. The van der Waals surface area contributed by atoms with E-state index in [9.17, 15) is 4.79 Å². The molecule has 0 saturated carbocycles. The van der Waals surface area contributed by atoms with Crippen molar-refractivity contribution in [3.63, 3.8) is 0 Å². The lowest BCUT2D eigenvalue weighted by molar-refractivity contribution is 0.0733. The molecule has 1 aliphatic heterocycles. The number of nitrogens with zero attached hydrogens (tertiary/aromatic N) is 4. The van der Waals surface area contributed by atoms with Crippen LogP contribution in [0.5, 0.6) is 5.75 Å². The minimum Gasteiger partial charge on any atom is -0.497 e. The molecule has 24 heavy (non-hydrogen) atoms. The van der Waals surface area contributed by atoms with Crippen LogP contribution in [0.2, 0.25) is 0 Å². The third-order valence-electron chi connectivity index (χ3n) is 4.18. The standard InChI is InChI=1S/C18H22N4O2/c1-12-19-16-8-9-22(11-15(16)17(20-12)21(2)3)18(23)13-6-5-7-14(10-13)24-4/h5-7,10H,8-9,11H2,1-4H3. The molecule has 0 bridgehead atoms. The predicted molar refractivity (Wildman–Crippen MR) is 92.5 cm³/mol. The zero-order valence-electron chi connectivity index (χ0n) is 14.5. The number of carbonyl (C=O) groups is 1. The number of ether oxygens (including phenoxy) is 1. The van der Waals surface area contributed by atoms with E-state index in [1.165, 1.54) is 0 Å². The number of fused-ring (bicyclic) bond motifs is 1. The molecule has 1 aliphatic rings. The van der Waals surface area contributed by atoms with Crippen LogP contribution in [0, 0.1) is 6.92 Å². The van der Waals surface area contributed by atoms with Crippen LogP contribution < -0.4 is 9.64 Å². The maximum absolute atomic E-state index is 12.8. The maximum Gasteiger partial charge on any atom is 0.254 e. The molecule has 6 heteroatoms. The fourth-order valence-corrected chi connectivity index (χ4v) is 3.00. The van der Waals surface area contributed by atoms with Crippen LogP contribution in [0.4, 0.5) is 5.82 Å². The molecule has 0 atom stereocenters. The van der Waals surface area contributed by atoms with Gasteiger partial charge in [-0.05, 0) is 25.1 Å². The van der Waals surface area contributed by atoms with Crippen LogP contribution in [0.3, 0.4) is 0 Å². The summed E-state index contributed by atoms with van der Waals surface area (Å²) in [6.07, 6.45) is 0.745. The number of amides is 1. The lowest BCUT2D eigenvalue weighted by Gasteiger charge is -2.31. The molecule has 0 radical (unpaired) electrons. The number of hydrogen-bond donors (Lipinski definition) is 0. The van der Waals surface area contributed by atoms with Gasteiger partial charge < -0.3 is 14.5 Å². The van der Waals surface area contributed by atoms with Crippen molar-refractivity contribution in [2.45, 2.75) is 19.9 Å². The molecular formula is C18H22N4O2. The largest absolute Gasteiger partial charge is 0.497 e. The fraction of sp³-hybridized carbons (Fsp3) is 0.389. The topological polar surface area (TPSA) is 58.6 Å². The molecular weight excluding hydrogens is 304 g/mol. The summed E-state index contributed by atoms with van der Waals surface area (Å²) < 4.78 is 5.21. The van der Waals surface area contributed by atoms with Crippen molar-refractivity contribution < 1.29 is 9.53 Å². The first kappa shape index (κ1) is 16.2. The highest BCUT2D eigenvalue weighted by molar-refractivity contribution is 5.94. The van der Waals surface area contributed by atoms with Crippen LogP contribution in [0.25, 0.3) is 0 Å². The van der Waals surface area contributed by atoms with Gasteiger partial charge >= 0.3 is 0 Å². The Morgan fingerprint density at radius 3 is 2.79 bits per heavy atom. The SMILES string of the molecule is COc1cccc(C(=O)N2CCc3nc(C)nc(N(C)C)c3C2)c1. The van der Waals surface area contributed by atoms with E-state index in [1.807, 2.05) is 49.0 Å². The molecule has 0 N–H and O–H groups in total. The van der Waals surface area contributed by atoms with E-state index in [1.54, 1.807) is 13.2 Å². The second kappa shape index (κ2) is 6.47. The van der Waals surface area contributed by atoms with Crippen molar-refractivity contribution in [1.29, 1.82) is 0 Å². The summed E-state index contributed by atoms with van der Waals surface area (Å²) in [6.45, 7) is 3.09. The van der Waals surface area contributed by atoms with Crippen LogP contribution in [0.1, 0.15) is 27.4 Å². The zero-order chi connectivity index (χ0) is 17.3. The highest BCUT2D eigenvalue weighted by atomic mass is 16.5. The summed E-state index contributed by atoms with van der Waals surface area (Å²) in [5, 5.41) is 0. The number of benzene rings is 1. The van der Waals surface area contributed by atoms with Crippen molar-refractivity contribution in [2.24, 2.45) is 0 Å². The second-order valence-corrected chi connectivity index (χ2v) is 6.12. The maximum atomic E-state index is 12.8. The quantitative estimate of drug-likeness (QED) is 0.864. The molecule has 1 amide bonds. The van der Waals surface area contributed by atoms with Crippen molar-refractivity contribution in [2.75, 3.05) is 32.6 Å². The van der Waals surface area contributed by atoms with Crippen molar-refractivity contribution in [1.82, 2.24) is 14.9 Å². The summed E-state index contributed by atoms with van der Waals surface area (Å²) in [5.74, 6) is 2.35. The summed E-state index contributed by atoms with van der Waals surface area (Å²) >= 11 is 0. The predicted octanol–water partition coefficient (Wildman–Crippen LogP) is 2.06. The van der Waals surface area contributed by atoms with E-state index in [0.29, 0.717) is 24.4 Å². The van der Waals surface area contributed by atoms with Crippen molar-refractivity contribution >= 4 is 11.7 Å². The molecule has 6 nitrogen and oxygen atoms in total. The van der Waals surface area contributed by atoms with Crippen molar-refractivity contribution in [3.05, 3.63) is 46.9 Å². The monoisotopic (exact) mass is 326 g/mol. The first-order valence-corrected chi connectivity index (χ1v) is 7.96. The lowest BCUT2D eigenvalue weighted by Crippen LogP contribution is -2.37. The summed E-state index contributed by atoms with van der Waals surface area (Å²) in [4.78, 5) is 25.8. The Morgan fingerprint density at radius 1 is 1.29 bits per heavy atom. The fourth-order valence-electron chi connectivity index (χ4n) is 3.00. The van der Waals surface area contributed by atoms with E-state index < -0.39 is 0 Å². The average Bonchev–Trinajstić information content (AvgIpc) is 2.59. The van der Waals surface area contributed by atoms with Gasteiger partial charge in [-0.3, -0.25) is 4.79 Å². The van der Waals surface area contributed by atoms with Crippen LogP contribution in [-0.4, -0.2) is 48.5 Å². The molecule has 0 saturated heterocycles. The Hall–Kier alpha value is -2.63. The smallest absolute Gasteiger partial charge is 0.254 e. The number of rotatable bonds is 3. The number of methoxy groups -OCH3 is 1. The lowest BCUT2D eigenvalue weighted by atomic mass is 10.0. The second-order valence-electron chi connectivity index (χ2n) is 6.12. The van der Waals surface area contributed by atoms with Gasteiger partial charge in [-0.15, -0.1) is 0 Å². The summed E-state index contributed by atoms with van der Waals surface area (Å²) in [6, 6.07) is 7.26. The normalized spacial score (nSPS) is 13.4. The zero-order valence-corrected chi connectivity index (χ0v) is 14.5. The number of aryl methyl sites for hydroxylation is 1. The Bertz CT molecular complexity index is 774. The number of carbonyl (C=O) groups excluding carboxylic acids is 1. The van der Waals surface area contributed by atoms with Gasteiger partial charge in [-0.1, -0.05) is 6.07 Å². The highest BCUT2D eigenvalue weighted by Gasteiger charge is 2.26. The Kier molecular flexibility index (Phi) is 4.38. The van der Waals surface area contributed by atoms with Gasteiger partial charge in [-0.25, -0.2) is 9.97 Å². The molecule has 1 aromatic carbocycles. The van der Waals surface area contributed by atoms with Crippen LogP contribution in [-0.2, 0) is 13.0 Å². The molecule has 0 unspecified atom stereocenters. The first-order valence-electron chi connectivity index (χ1n) is 7.96. The number of aromatic nitrogens is 2. The van der Waals surface area contributed by atoms with E-state index >= 15 is 0 Å². The van der Waals surface area contributed by atoms with Gasteiger partial charge in [0.15, 0.2) is 0 Å². The molecule has 0 aliphatic carbocycles. The molecule has 2 aromatic rings. The van der Waals surface area contributed by atoms with Crippen LogP contribution >= 0.6 is 0 Å². The van der Waals surface area contributed by atoms with Gasteiger partial charge in [-0.2, -0.15) is 0 Å². The summed E-state index contributed by atoms with van der Waals surface area (Å²) in [7, 11) is 5.53. The Balaban J connectivity index is 1.90.